The third kappa shape index (κ3) is 2.90. The number of rotatable bonds is 3. The molecule has 8 atom stereocenters. The van der Waals surface area contributed by atoms with Crippen molar-refractivity contribution in [1.29, 1.82) is 0 Å². The summed E-state index contributed by atoms with van der Waals surface area (Å²) in [6, 6.07) is 0. The Hall–Kier alpha value is -1.13. The number of hydrogen-bond donors (Lipinski definition) is 3. The molecule has 4 nitrogen and oxygen atoms in total. The van der Waals surface area contributed by atoms with E-state index in [0.29, 0.717) is 23.7 Å². The fourth-order valence-electron chi connectivity index (χ4n) is 7.89. The Bertz CT molecular complexity index is 684. The van der Waals surface area contributed by atoms with Crippen LogP contribution in [0.2, 0.25) is 0 Å². The van der Waals surface area contributed by atoms with Crippen LogP contribution in [0.3, 0.4) is 0 Å². The monoisotopic (exact) mass is 388 g/mol. The third-order valence-electron chi connectivity index (χ3n) is 9.59. The molecule has 4 heteroatoms. The molecule has 4 aliphatic carbocycles. The molecule has 0 aromatic heterocycles. The van der Waals surface area contributed by atoms with E-state index in [1.165, 1.54) is 6.42 Å². The predicted octanol–water partition coefficient (Wildman–Crippen LogP) is 4.32. The average Bonchev–Trinajstić information content (AvgIpc) is 2.90. The molecule has 156 valence electrons. The molecule has 2 unspecified atom stereocenters. The maximum atomic E-state index is 12.0. The van der Waals surface area contributed by atoms with E-state index in [0.717, 1.165) is 57.4 Å². The second kappa shape index (κ2) is 6.98. The Morgan fingerprint density at radius 3 is 2.50 bits per heavy atom. The molecule has 4 fully saturated rings. The molecule has 0 bridgehead atoms. The summed E-state index contributed by atoms with van der Waals surface area (Å²) >= 11 is 0. The van der Waals surface area contributed by atoms with Gasteiger partial charge in [0.2, 0.25) is 0 Å². The summed E-state index contributed by atoms with van der Waals surface area (Å²) in [6.45, 7) is 4.71. The Kier molecular flexibility index (Phi) is 5.03. The summed E-state index contributed by atoms with van der Waals surface area (Å²) in [4.78, 5) is 10.7. The highest BCUT2D eigenvalue weighted by Crippen LogP contribution is 2.69. The zero-order valence-corrected chi connectivity index (χ0v) is 17.3. The van der Waals surface area contributed by atoms with Crippen molar-refractivity contribution in [3.8, 4) is 0 Å². The first-order chi connectivity index (χ1) is 13.2. The van der Waals surface area contributed by atoms with Crippen LogP contribution in [0.4, 0.5) is 0 Å². The molecule has 4 rings (SSSR count). The minimum atomic E-state index is -0.929. The van der Waals surface area contributed by atoms with Crippen LogP contribution in [0.15, 0.2) is 24.3 Å². The fraction of sp³-hybridized carbons (Fsp3) is 0.792. The smallest absolute Gasteiger partial charge is 0.328 e. The number of aliphatic carboxylic acids is 1. The minimum absolute atomic E-state index is 0.126. The van der Waals surface area contributed by atoms with Gasteiger partial charge in [0, 0.05) is 11.5 Å². The number of aliphatic hydroxyl groups excluding tert-OH is 1. The second-order valence-electron chi connectivity index (χ2n) is 10.5. The number of carboxylic acid groups (broad SMARTS) is 1. The van der Waals surface area contributed by atoms with Gasteiger partial charge in [0.05, 0.1) is 11.7 Å². The lowest BCUT2D eigenvalue weighted by Gasteiger charge is -2.63. The molecular formula is C24H36O4. The molecular weight excluding hydrogens is 352 g/mol. The van der Waals surface area contributed by atoms with Crippen LogP contribution in [-0.4, -0.2) is 33.0 Å². The second-order valence-corrected chi connectivity index (χ2v) is 10.5. The van der Waals surface area contributed by atoms with Gasteiger partial charge in [-0.1, -0.05) is 32.1 Å². The van der Waals surface area contributed by atoms with Gasteiger partial charge in [0.15, 0.2) is 0 Å². The van der Waals surface area contributed by atoms with Gasteiger partial charge in [-0.3, -0.25) is 0 Å². The van der Waals surface area contributed by atoms with E-state index in [2.05, 4.69) is 19.9 Å². The van der Waals surface area contributed by atoms with Crippen LogP contribution in [0.25, 0.3) is 0 Å². The number of allylic oxidation sites excluding steroid dienone is 3. The van der Waals surface area contributed by atoms with Crippen LogP contribution in [0, 0.1) is 34.5 Å². The van der Waals surface area contributed by atoms with Gasteiger partial charge in [-0.15, -0.1) is 0 Å². The van der Waals surface area contributed by atoms with Crippen LogP contribution in [0.5, 0.6) is 0 Å². The zero-order chi connectivity index (χ0) is 20.2. The number of aliphatic hydroxyl groups is 2. The molecule has 0 heterocycles. The Balaban J connectivity index is 1.57. The van der Waals surface area contributed by atoms with Crippen molar-refractivity contribution >= 4 is 5.97 Å². The van der Waals surface area contributed by atoms with E-state index < -0.39 is 11.6 Å². The lowest BCUT2D eigenvalue weighted by atomic mass is 9.43. The number of hydrogen-bond acceptors (Lipinski definition) is 3. The number of fused-ring (bicyclic) bond motifs is 5. The largest absolute Gasteiger partial charge is 0.478 e. The summed E-state index contributed by atoms with van der Waals surface area (Å²) < 4.78 is 0. The van der Waals surface area contributed by atoms with Gasteiger partial charge in [0.1, 0.15) is 0 Å². The first-order valence-corrected chi connectivity index (χ1v) is 11.2. The van der Waals surface area contributed by atoms with E-state index in [1.807, 2.05) is 6.08 Å². The summed E-state index contributed by atoms with van der Waals surface area (Å²) in [7, 11) is 0. The Morgan fingerprint density at radius 2 is 1.75 bits per heavy atom. The van der Waals surface area contributed by atoms with Gasteiger partial charge < -0.3 is 15.3 Å². The predicted molar refractivity (Wildman–Crippen MR) is 109 cm³/mol. The maximum Gasteiger partial charge on any atom is 0.328 e. The Morgan fingerprint density at radius 1 is 0.964 bits per heavy atom. The van der Waals surface area contributed by atoms with Crippen molar-refractivity contribution in [3.63, 3.8) is 0 Å². The van der Waals surface area contributed by atoms with E-state index in [9.17, 15) is 15.0 Å². The van der Waals surface area contributed by atoms with Crippen molar-refractivity contribution in [1.82, 2.24) is 0 Å². The van der Waals surface area contributed by atoms with Gasteiger partial charge in [-0.25, -0.2) is 4.79 Å². The third-order valence-corrected chi connectivity index (χ3v) is 9.59. The maximum absolute atomic E-state index is 12.0. The highest BCUT2D eigenvalue weighted by Gasteiger charge is 2.66. The molecule has 3 N–H and O–H groups in total. The van der Waals surface area contributed by atoms with Crippen LogP contribution in [-0.2, 0) is 4.79 Å². The van der Waals surface area contributed by atoms with Gasteiger partial charge in [-0.2, -0.15) is 0 Å². The SMILES string of the molecule is C[C@]12CC[C@H](O)C[C@H]1CCC1C2CC[C@]2(C)[C@@H](/C=C/C=C/C(=O)O)CC[C@]12O. The molecule has 0 aliphatic heterocycles. The lowest BCUT2D eigenvalue weighted by molar-refractivity contribution is -0.207. The summed E-state index contributed by atoms with van der Waals surface area (Å²) in [5, 5.41) is 31.0. The molecule has 4 aliphatic rings. The molecule has 4 saturated carbocycles. The van der Waals surface area contributed by atoms with Crippen molar-refractivity contribution in [2.24, 2.45) is 34.5 Å². The number of carbonyl (C=O) groups is 1. The minimum Gasteiger partial charge on any atom is -0.478 e. The molecule has 0 radical (unpaired) electrons. The first kappa shape index (κ1) is 20.2. The fourth-order valence-corrected chi connectivity index (χ4v) is 7.89. The van der Waals surface area contributed by atoms with Crippen molar-refractivity contribution < 1.29 is 20.1 Å². The average molecular weight is 389 g/mol. The van der Waals surface area contributed by atoms with Gasteiger partial charge in [0.25, 0.3) is 0 Å². The van der Waals surface area contributed by atoms with E-state index in [-0.39, 0.29) is 16.9 Å². The van der Waals surface area contributed by atoms with Crippen molar-refractivity contribution in [2.75, 3.05) is 0 Å². The van der Waals surface area contributed by atoms with Crippen molar-refractivity contribution in [3.05, 3.63) is 24.3 Å². The topological polar surface area (TPSA) is 77.8 Å². The lowest BCUT2D eigenvalue weighted by Crippen LogP contribution is -2.62. The highest BCUT2D eigenvalue weighted by atomic mass is 16.4. The Labute approximate surface area is 168 Å². The highest BCUT2D eigenvalue weighted by molar-refractivity contribution is 5.80. The summed E-state index contributed by atoms with van der Waals surface area (Å²) in [5.41, 5.74) is -0.484. The van der Waals surface area contributed by atoms with E-state index in [1.54, 1.807) is 6.08 Å². The quantitative estimate of drug-likeness (QED) is 0.497. The summed E-state index contributed by atoms with van der Waals surface area (Å²) in [5.74, 6) is 0.892. The molecule has 0 saturated heterocycles. The molecule has 0 aromatic carbocycles. The normalized spacial score (nSPS) is 51.1. The molecule has 28 heavy (non-hydrogen) atoms. The first-order valence-electron chi connectivity index (χ1n) is 11.2. The van der Waals surface area contributed by atoms with E-state index >= 15 is 0 Å². The van der Waals surface area contributed by atoms with Crippen LogP contribution < -0.4 is 0 Å². The van der Waals surface area contributed by atoms with E-state index in [4.69, 9.17) is 5.11 Å². The zero-order valence-electron chi connectivity index (χ0n) is 17.3. The van der Waals surface area contributed by atoms with Crippen LogP contribution >= 0.6 is 0 Å². The number of carboxylic acids is 1. The molecule has 0 amide bonds. The van der Waals surface area contributed by atoms with Gasteiger partial charge >= 0.3 is 5.97 Å². The standard InChI is InChI=1S/C24H36O4/c1-22-12-10-18(25)15-17(22)7-8-20-19(22)11-13-23(2)16(9-14-24(20,23)28)5-3-4-6-21(26)27/h3-6,16-20,25,28H,7-15H2,1-2H3,(H,26,27)/b5-3+,6-4+/t16-,17+,18-,19?,20?,22-,23+,24-/m0/s1. The molecule has 0 spiro atoms. The summed E-state index contributed by atoms with van der Waals surface area (Å²) in [6.07, 6.45) is 15.8. The van der Waals surface area contributed by atoms with Crippen LogP contribution in [0.1, 0.15) is 71.6 Å². The van der Waals surface area contributed by atoms with Gasteiger partial charge in [-0.05, 0) is 86.9 Å². The van der Waals surface area contributed by atoms with Crippen molar-refractivity contribution in [2.45, 2.75) is 83.3 Å². The molecule has 0 aromatic rings.